The molecule has 2 rings (SSSR count). The number of carbonyl (C=O) groups is 1. The highest BCUT2D eigenvalue weighted by atomic mass is 16.5. The Morgan fingerprint density at radius 2 is 2.53 bits per heavy atom. The number of aliphatic carboxylic acids is 1. The van der Waals surface area contributed by atoms with Crippen molar-refractivity contribution in [1.82, 2.24) is 15.5 Å². The molecule has 1 unspecified atom stereocenters. The highest BCUT2D eigenvalue weighted by Crippen LogP contribution is 2.20. The Bertz CT molecular complexity index is 344. The van der Waals surface area contributed by atoms with Crippen LogP contribution in [0.3, 0.4) is 0 Å². The van der Waals surface area contributed by atoms with Crippen LogP contribution in [0.5, 0.6) is 0 Å². The Kier molecular flexibility index (Phi) is 2.96. The average Bonchev–Trinajstić information content (AvgIpc) is 2.85. The zero-order valence-electron chi connectivity index (χ0n) is 8.27. The van der Waals surface area contributed by atoms with Gasteiger partial charge in [0.2, 0.25) is 5.89 Å². The SMILES string of the molecule is O=C(O)CCc1nc(C2CCCN2)no1. The summed E-state index contributed by atoms with van der Waals surface area (Å²) in [6, 6.07) is 0.173. The van der Waals surface area contributed by atoms with Crippen molar-refractivity contribution in [1.29, 1.82) is 0 Å². The first kappa shape index (κ1) is 10.1. The molecule has 1 aromatic rings. The van der Waals surface area contributed by atoms with Crippen LogP contribution in [0.25, 0.3) is 0 Å². The summed E-state index contributed by atoms with van der Waals surface area (Å²) >= 11 is 0. The van der Waals surface area contributed by atoms with Gasteiger partial charge < -0.3 is 14.9 Å². The van der Waals surface area contributed by atoms with Gasteiger partial charge in [0.15, 0.2) is 5.82 Å². The van der Waals surface area contributed by atoms with Crippen molar-refractivity contribution < 1.29 is 14.4 Å². The van der Waals surface area contributed by atoms with Crippen LogP contribution in [0, 0.1) is 0 Å². The summed E-state index contributed by atoms with van der Waals surface area (Å²) in [5.74, 6) is 0.197. The van der Waals surface area contributed by atoms with Gasteiger partial charge in [-0.3, -0.25) is 4.79 Å². The topological polar surface area (TPSA) is 88.2 Å². The minimum atomic E-state index is -0.853. The van der Waals surface area contributed by atoms with Crippen molar-refractivity contribution in [2.24, 2.45) is 0 Å². The van der Waals surface area contributed by atoms with Gasteiger partial charge in [0, 0.05) is 6.42 Å². The molecule has 1 atom stereocenters. The van der Waals surface area contributed by atoms with Crippen LogP contribution in [-0.2, 0) is 11.2 Å². The van der Waals surface area contributed by atoms with Gasteiger partial charge >= 0.3 is 5.97 Å². The number of carboxylic acid groups (broad SMARTS) is 1. The monoisotopic (exact) mass is 211 g/mol. The third-order valence-electron chi connectivity index (χ3n) is 2.41. The molecule has 0 spiro atoms. The van der Waals surface area contributed by atoms with Crippen molar-refractivity contribution in [2.45, 2.75) is 31.7 Å². The number of aromatic nitrogens is 2. The standard InChI is InChI=1S/C9H13N3O3/c13-8(14)4-3-7-11-9(12-15-7)6-2-1-5-10-6/h6,10H,1-5H2,(H,13,14). The molecule has 0 saturated carbocycles. The van der Waals surface area contributed by atoms with E-state index in [2.05, 4.69) is 15.5 Å². The summed E-state index contributed by atoms with van der Waals surface area (Å²) in [5, 5.41) is 15.6. The van der Waals surface area contributed by atoms with Gasteiger partial charge in [-0.15, -0.1) is 0 Å². The van der Waals surface area contributed by atoms with Gasteiger partial charge in [0.05, 0.1) is 12.5 Å². The lowest BCUT2D eigenvalue weighted by Crippen LogP contribution is -2.14. The first-order valence-electron chi connectivity index (χ1n) is 5.03. The lowest BCUT2D eigenvalue weighted by atomic mass is 10.2. The lowest BCUT2D eigenvalue weighted by Gasteiger charge is -2.01. The highest BCUT2D eigenvalue weighted by molar-refractivity contribution is 5.66. The molecule has 6 heteroatoms. The molecule has 1 fully saturated rings. The summed E-state index contributed by atoms with van der Waals surface area (Å²) in [4.78, 5) is 14.5. The molecular formula is C9H13N3O3. The number of aryl methyl sites for hydroxylation is 1. The predicted octanol–water partition coefficient (Wildman–Crippen LogP) is 0.511. The molecule has 2 N–H and O–H groups in total. The molecule has 2 heterocycles. The van der Waals surface area contributed by atoms with E-state index in [0.717, 1.165) is 19.4 Å². The number of carboxylic acids is 1. The third-order valence-corrected chi connectivity index (χ3v) is 2.41. The van der Waals surface area contributed by atoms with Crippen LogP contribution in [0.1, 0.15) is 37.0 Å². The number of nitrogens with one attached hydrogen (secondary N) is 1. The number of hydrogen-bond donors (Lipinski definition) is 2. The average molecular weight is 211 g/mol. The number of nitrogens with zero attached hydrogens (tertiary/aromatic N) is 2. The van der Waals surface area contributed by atoms with E-state index in [4.69, 9.17) is 9.63 Å². The minimum absolute atomic E-state index is 0.0275. The molecule has 1 aromatic heterocycles. The normalized spacial score (nSPS) is 20.7. The summed E-state index contributed by atoms with van der Waals surface area (Å²) in [6.45, 7) is 0.976. The van der Waals surface area contributed by atoms with Crippen LogP contribution in [0.2, 0.25) is 0 Å². The van der Waals surface area contributed by atoms with Crippen molar-refractivity contribution in [2.75, 3.05) is 6.54 Å². The van der Waals surface area contributed by atoms with Crippen molar-refractivity contribution in [3.63, 3.8) is 0 Å². The summed E-state index contributed by atoms with van der Waals surface area (Å²) in [5.41, 5.74) is 0. The van der Waals surface area contributed by atoms with Crippen LogP contribution >= 0.6 is 0 Å². The second kappa shape index (κ2) is 4.39. The molecule has 1 aliphatic rings. The Morgan fingerprint density at radius 3 is 3.20 bits per heavy atom. The summed E-state index contributed by atoms with van der Waals surface area (Å²) < 4.78 is 4.96. The molecule has 0 amide bonds. The zero-order chi connectivity index (χ0) is 10.7. The van der Waals surface area contributed by atoms with Gasteiger partial charge in [0.1, 0.15) is 0 Å². The molecule has 1 aliphatic heterocycles. The van der Waals surface area contributed by atoms with E-state index in [1.807, 2.05) is 0 Å². The molecule has 6 nitrogen and oxygen atoms in total. The maximum atomic E-state index is 10.3. The second-order valence-corrected chi connectivity index (χ2v) is 3.59. The van der Waals surface area contributed by atoms with Crippen LogP contribution in [0.4, 0.5) is 0 Å². The molecule has 0 bridgehead atoms. The first-order valence-corrected chi connectivity index (χ1v) is 5.03. The predicted molar refractivity (Wildman–Crippen MR) is 50.2 cm³/mol. The van der Waals surface area contributed by atoms with E-state index in [-0.39, 0.29) is 12.5 Å². The van der Waals surface area contributed by atoms with Crippen molar-refractivity contribution in [3.05, 3.63) is 11.7 Å². The highest BCUT2D eigenvalue weighted by Gasteiger charge is 2.21. The van der Waals surface area contributed by atoms with Gasteiger partial charge in [0.25, 0.3) is 0 Å². The van der Waals surface area contributed by atoms with Gasteiger partial charge in [-0.25, -0.2) is 0 Å². The van der Waals surface area contributed by atoms with Crippen molar-refractivity contribution in [3.8, 4) is 0 Å². The summed E-state index contributed by atoms with van der Waals surface area (Å²) in [7, 11) is 0. The Morgan fingerprint density at radius 1 is 1.67 bits per heavy atom. The van der Waals surface area contributed by atoms with Gasteiger partial charge in [-0.1, -0.05) is 5.16 Å². The fourth-order valence-corrected chi connectivity index (χ4v) is 1.63. The van der Waals surface area contributed by atoms with E-state index in [1.165, 1.54) is 0 Å². The minimum Gasteiger partial charge on any atom is -0.481 e. The molecule has 0 aromatic carbocycles. The molecule has 0 radical (unpaired) electrons. The molecule has 15 heavy (non-hydrogen) atoms. The quantitative estimate of drug-likeness (QED) is 0.754. The third kappa shape index (κ3) is 2.53. The zero-order valence-corrected chi connectivity index (χ0v) is 8.27. The molecular weight excluding hydrogens is 198 g/mol. The van der Waals surface area contributed by atoms with E-state index in [1.54, 1.807) is 0 Å². The first-order chi connectivity index (χ1) is 7.25. The maximum absolute atomic E-state index is 10.3. The molecule has 1 saturated heterocycles. The van der Waals surface area contributed by atoms with E-state index >= 15 is 0 Å². The Hall–Kier alpha value is -1.43. The number of hydrogen-bond acceptors (Lipinski definition) is 5. The van der Waals surface area contributed by atoms with Crippen LogP contribution < -0.4 is 5.32 Å². The molecule has 0 aliphatic carbocycles. The van der Waals surface area contributed by atoms with Crippen LogP contribution in [0.15, 0.2) is 4.52 Å². The largest absolute Gasteiger partial charge is 0.481 e. The second-order valence-electron chi connectivity index (χ2n) is 3.59. The maximum Gasteiger partial charge on any atom is 0.303 e. The lowest BCUT2D eigenvalue weighted by molar-refractivity contribution is -0.137. The van der Waals surface area contributed by atoms with Crippen molar-refractivity contribution >= 4 is 5.97 Å². The Balaban J connectivity index is 1.94. The number of rotatable bonds is 4. The van der Waals surface area contributed by atoms with Gasteiger partial charge in [-0.05, 0) is 19.4 Å². The summed E-state index contributed by atoms with van der Waals surface area (Å²) in [6.07, 6.45) is 2.45. The van der Waals surface area contributed by atoms with E-state index in [0.29, 0.717) is 18.1 Å². The van der Waals surface area contributed by atoms with Crippen LogP contribution in [-0.4, -0.2) is 27.8 Å². The van der Waals surface area contributed by atoms with E-state index in [9.17, 15) is 4.79 Å². The van der Waals surface area contributed by atoms with E-state index < -0.39 is 5.97 Å². The smallest absolute Gasteiger partial charge is 0.303 e. The van der Waals surface area contributed by atoms with Gasteiger partial charge in [-0.2, -0.15) is 4.98 Å². The fraction of sp³-hybridized carbons (Fsp3) is 0.667. The fourth-order valence-electron chi connectivity index (χ4n) is 1.63. The Labute approximate surface area is 86.7 Å². The molecule has 82 valence electrons.